The molecule has 0 aromatic heterocycles. The molecule has 3 nitrogen and oxygen atoms in total. The van der Waals surface area contributed by atoms with Gasteiger partial charge < -0.3 is 10.6 Å². The van der Waals surface area contributed by atoms with Gasteiger partial charge in [0.1, 0.15) is 0 Å². The lowest BCUT2D eigenvalue weighted by Gasteiger charge is -2.48. The zero-order chi connectivity index (χ0) is 13.7. The first kappa shape index (κ1) is 15.3. The van der Waals surface area contributed by atoms with Crippen molar-refractivity contribution in [2.24, 2.45) is 11.7 Å². The van der Waals surface area contributed by atoms with Crippen LogP contribution in [0.2, 0.25) is 0 Å². The summed E-state index contributed by atoms with van der Waals surface area (Å²) in [5, 5.41) is 0. The molecule has 3 heteroatoms. The van der Waals surface area contributed by atoms with E-state index in [0.29, 0.717) is 5.54 Å². The smallest absolute Gasteiger partial charge is 0.0356 e. The van der Waals surface area contributed by atoms with Crippen LogP contribution < -0.4 is 5.73 Å². The minimum absolute atomic E-state index is 0.314. The van der Waals surface area contributed by atoms with Crippen LogP contribution in [0.25, 0.3) is 0 Å². The second-order valence-electron chi connectivity index (χ2n) is 6.79. The molecule has 0 bridgehead atoms. The molecule has 2 aliphatic heterocycles. The predicted octanol–water partition coefficient (Wildman–Crippen LogP) is 2.31. The molecule has 0 aromatic rings. The SMILES string of the molecule is CCCN1CCC(CN)(N2CCCC(C)CC2)CC1. The van der Waals surface area contributed by atoms with Gasteiger partial charge in [-0.1, -0.05) is 13.8 Å². The zero-order valence-electron chi connectivity index (χ0n) is 13.0. The first-order valence-corrected chi connectivity index (χ1v) is 8.37. The van der Waals surface area contributed by atoms with Gasteiger partial charge in [-0.05, 0) is 77.2 Å². The molecule has 0 saturated carbocycles. The third kappa shape index (κ3) is 3.71. The molecule has 19 heavy (non-hydrogen) atoms. The lowest BCUT2D eigenvalue weighted by molar-refractivity contribution is 0.0284. The first-order valence-electron chi connectivity index (χ1n) is 8.37. The summed E-state index contributed by atoms with van der Waals surface area (Å²) in [4.78, 5) is 5.37. The van der Waals surface area contributed by atoms with Gasteiger partial charge in [-0.25, -0.2) is 0 Å². The van der Waals surface area contributed by atoms with Gasteiger partial charge in [0.2, 0.25) is 0 Å². The highest BCUT2D eigenvalue weighted by Crippen LogP contribution is 2.31. The Morgan fingerprint density at radius 2 is 1.84 bits per heavy atom. The first-order chi connectivity index (χ1) is 9.20. The summed E-state index contributed by atoms with van der Waals surface area (Å²) in [5.41, 5.74) is 6.53. The van der Waals surface area contributed by atoms with Gasteiger partial charge in [0, 0.05) is 12.1 Å². The molecule has 1 unspecified atom stereocenters. The fourth-order valence-corrected chi connectivity index (χ4v) is 3.90. The van der Waals surface area contributed by atoms with Crippen LogP contribution >= 0.6 is 0 Å². The van der Waals surface area contributed by atoms with Crippen molar-refractivity contribution in [2.75, 3.05) is 39.3 Å². The van der Waals surface area contributed by atoms with Crippen LogP contribution in [0.4, 0.5) is 0 Å². The second kappa shape index (κ2) is 7.05. The van der Waals surface area contributed by atoms with E-state index in [1.807, 2.05) is 0 Å². The standard InChI is InChI=1S/C16H33N3/c1-3-9-18-12-7-16(14-17,8-13-18)19-10-4-5-15(2)6-11-19/h15H,3-14,17H2,1-2H3. The Hall–Kier alpha value is -0.120. The molecule has 0 aliphatic carbocycles. The molecule has 2 rings (SSSR count). The third-order valence-electron chi connectivity index (χ3n) is 5.39. The second-order valence-corrected chi connectivity index (χ2v) is 6.79. The van der Waals surface area contributed by atoms with Gasteiger partial charge in [0.05, 0.1) is 0 Å². The summed E-state index contributed by atoms with van der Waals surface area (Å²) in [6.45, 7) is 11.8. The normalized spacial score (nSPS) is 30.2. The highest BCUT2D eigenvalue weighted by atomic mass is 15.2. The molecule has 2 N–H and O–H groups in total. The Balaban J connectivity index is 1.95. The average Bonchev–Trinajstić information content (AvgIpc) is 2.66. The number of likely N-dealkylation sites (tertiary alicyclic amines) is 2. The van der Waals surface area contributed by atoms with E-state index < -0.39 is 0 Å². The summed E-state index contributed by atoms with van der Waals surface area (Å²) < 4.78 is 0. The summed E-state index contributed by atoms with van der Waals surface area (Å²) in [7, 11) is 0. The van der Waals surface area contributed by atoms with Crippen LogP contribution in [0.15, 0.2) is 0 Å². The number of piperidine rings is 1. The number of nitrogens with two attached hydrogens (primary N) is 1. The Morgan fingerprint density at radius 3 is 2.47 bits per heavy atom. The Labute approximate surface area is 119 Å². The van der Waals surface area contributed by atoms with E-state index in [0.717, 1.165) is 12.5 Å². The molecule has 0 radical (unpaired) electrons. The minimum atomic E-state index is 0.314. The van der Waals surface area contributed by atoms with Gasteiger partial charge in [0.15, 0.2) is 0 Å². The topological polar surface area (TPSA) is 32.5 Å². The van der Waals surface area contributed by atoms with Crippen LogP contribution in [0, 0.1) is 5.92 Å². The highest BCUT2D eigenvalue weighted by molar-refractivity contribution is 4.97. The van der Waals surface area contributed by atoms with Crippen molar-refractivity contribution in [3.8, 4) is 0 Å². The number of nitrogens with zero attached hydrogens (tertiary/aromatic N) is 2. The number of hydrogen-bond acceptors (Lipinski definition) is 3. The van der Waals surface area contributed by atoms with E-state index >= 15 is 0 Å². The van der Waals surface area contributed by atoms with Crippen LogP contribution in [0.5, 0.6) is 0 Å². The van der Waals surface area contributed by atoms with E-state index in [-0.39, 0.29) is 0 Å². The molecule has 2 fully saturated rings. The maximum atomic E-state index is 6.21. The zero-order valence-corrected chi connectivity index (χ0v) is 13.0. The number of hydrogen-bond donors (Lipinski definition) is 1. The molecule has 2 saturated heterocycles. The molecule has 2 heterocycles. The van der Waals surface area contributed by atoms with Crippen molar-refractivity contribution in [3.05, 3.63) is 0 Å². The van der Waals surface area contributed by atoms with E-state index in [2.05, 4.69) is 23.6 Å². The van der Waals surface area contributed by atoms with Gasteiger partial charge in [-0.15, -0.1) is 0 Å². The van der Waals surface area contributed by atoms with E-state index in [4.69, 9.17) is 5.73 Å². The van der Waals surface area contributed by atoms with Gasteiger partial charge >= 0.3 is 0 Å². The van der Waals surface area contributed by atoms with Gasteiger partial charge in [0.25, 0.3) is 0 Å². The van der Waals surface area contributed by atoms with Crippen molar-refractivity contribution < 1.29 is 0 Å². The van der Waals surface area contributed by atoms with Crippen molar-refractivity contribution in [2.45, 2.75) is 57.9 Å². The van der Waals surface area contributed by atoms with Gasteiger partial charge in [-0.2, -0.15) is 0 Å². The quantitative estimate of drug-likeness (QED) is 0.848. The lowest BCUT2D eigenvalue weighted by atomic mass is 9.85. The predicted molar refractivity (Wildman–Crippen MR) is 82.3 cm³/mol. The molecule has 0 aromatic carbocycles. The van der Waals surface area contributed by atoms with Crippen molar-refractivity contribution in [3.63, 3.8) is 0 Å². The largest absolute Gasteiger partial charge is 0.329 e. The van der Waals surface area contributed by atoms with E-state index in [1.165, 1.54) is 71.2 Å². The summed E-state index contributed by atoms with van der Waals surface area (Å²) in [6, 6.07) is 0. The molecular weight excluding hydrogens is 234 g/mol. The Kier molecular flexibility index (Phi) is 5.67. The van der Waals surface area contributed by atoms with Crippen molar-refractivity contribution in [1.82, 2.24) is 9.80 Å². The van der Waals surface area contributed by atoms with Crippen LogP contribution in [-0.4, -0.2) is 54.6 Å². The molecule has 1 atom stereocenters. The lowest BCUT2D eigenvalue weighted by Crippen LogP contribution is -2.59. The number of rotatable bonds is 4. The maximum absolute atomic E-state index is 6.21. The fourth-order valence-electron chi connectivity index (χ4n) is 3.90. The van der Waals surface area contributed by atoms with Crippen LogP contribution in [0.1, 0.15) is 52.4 Å². The summed E-state index contributed by atoms with van der Waals surface area (Å²) >= 11 is 0. The summed E-state index contributed by atoms with van der Waals surface area (Å²) in [5.74, 6) is 0.903. The van der Waals surface area contributed by atoms with Crippen LogP contribution in [0.3, 0.4) is 0 Å². The van der Waals surface area contributed by atoms with E-state index in [9.17, 15) is 0 Å². The van der Waals surface area contributed by atoms with Gasteiger partial charge in [-0.3, -0.25) is 4.90 Å². The maximum Gasteiger partial charge on any atom is 0.0356 e. The fraction of sp³-hybridized carbons (Fsp3) is 1.00. The molecule has 0 spiro atoms. The summed E-state index contributed by atoms with van der Waals surface area (Å²) in [6.07, 6.45) is 7.95. The van der Waals surface area contributed by atoms with Crippen LogP contribution in [-0.2, 0) is 0 Å². The third-order valence-corrected chi connectivity index (χ3v) is 5.39. The Morgan fingerprint density at radius 1 is 1.11 bits per heavy atom. The minimum Gasteiger partial charge on any atom is -0.329 e. The van der Waals surface area contributed by atoms with E-state index in [1.54, 1.807) is 0 Å². The Bertz CT molecular complexity index is 259. The van der Waals surface area contributed by atoms with Crippen molar-refractivity contribution >= 4 is 0 Å². The molecule has 2 aliphatic rings. The highest BCUT2D eigenvalue weighted by Gasteiger charge is 2.38. The molecule has 112 valence electrons. The van der Waals surface area contributed by atoms with Crippen molar-refractivity contribution in [1.29, 1.82) is 0 Å². The molecule has 0 amide bonds. The monoisotopic (exact) mass is 267 g/mol. The average molecular weight is 267 g/mol. The molecular formula is C16H33N3.